The molecule has 0 aliphatic carbocycles. The van der Waals surface area contributed by atoms with Crippen molar-refractivity contribution >= 4 is 93.7 Å². The summed E-state index contributed by atoms with van der Waals surface area (Å²) in [4.78, 5) is 2.29. The zero-order valence-electron chi connectivity index (χ0n) is 23.5. The van der Waals surface area contributed by atoms with Crippen molar-refractivity contribution < 1.29 is 13.3 Å². The van der Waals surface area contributed by atoms with Gasteiger partial charge in [0.05, 0.1) is 5.69 Å². The second-order valence-electron chi connectivity index (χ2n) is 11.3. The van der Waals surface area contributed by atoms with E-state index < -0.39 is 0 Å². The van der Waals surface area contributed by atoms with Crippen LogP contribution in [0.2, 0.25) is 0 Å². The SMILES string of the molecule is c1ccc2c(c1)ccc1oc3c(N(c4ccc5oc6ccccc6c5c4)c4ccc5oc6ccccc6c5c4)cccc3c12. The molecule has 0 saturated heterocycles. The molecule has 10 aromatic rings. The van der Waals surface area contributed by atoms with Crippen LogP contribution >= 0.6 is 0 Å². The molecule has 0 spiro atoms. The van der Waals surface area contributed by atoms with Crippen molar-refractivity contribution in [2.45, 2.75) is 0 Å². The van der Waals surface area contributed by atoms with Crippen LogP contribution in [0.5, 0.6) is 0 Å². The maximum Gasteiger partial charge on any atom is 0.159 e. The van der Waals surface area contributed by atoms with Gasteiger partial charge in [-0.15, -0.1) is 0 Å². The summed E-state index contributed by atoms with van der Waals surface area (Å²) in [6.07, 6.45) is 0. The highest BCUT2D eigenvalue weighted by Crippen LogP contribution is 2.46. The summed E-state index contributed by atoms with van der Waals surface area (Å²) in [5.41, 5.74) is 8.17. The molecule has 0 aliphatic heterocycles. The Bertz CT molecular complexity index is 2630. The highest BCUT2D eigenvalue weighted by Gasteiger charge is 2.22. The van der Waals surface area contributed by atoms with E-state index in [1.54, 1.807) is 0 Å². The molecule has 10 rings (SSSR count). The van der Waals surface area contributed by atoms with Gasteiger partial charge >= 0.3 is 0 Å². The van der Waals surface area contributed by atoms with Gasteiger partial charge in [0.2, 0.25) is 0 Å². The molecule has 44 heavy (non-hydrogen) atoms. The van der Waals surface area contributed by atoms with Gasteiger partial charge in [-0.2, -0.15) is 0 Å². The molecule has 3 aromatic heterocycles. The Morgan fingerprint density at radius 3 is 1.59 bits per heavy atom. The van der Waals surface area contributed by atoms with E-state index in [-0.39, 0.29) is 0 Å². The molecule has 4 heteroatoms. The van der Waals surface area contributed by atoms with Crippen LogP contribution in [0.25, 0.3) is 76.6 Å². The largest absolute Gasteiger partial charge is 0.456 e. The van der Waals surface area contributed by atoms with Crippen LogP contribution in [0.4, 0.5) is 17.1 Å². The summed E-state index contributed by atoms with van der Waals surface area (Å²) in [6, 6.07) is 48.3. The average Bonchev–Trinajstić information content (AvgIpc) is 3.76. The number of hydrogen-bond donors (Lipinski definition) is 0. The number of furan rings is 3. The van der Waals surface area contributed by atoms with Crippen molar-refractivity contribution in [3.63, 3.8) is 0 Å². The lowest BCUT2D eigenvalue weighted by molar-refractivity contribution is 0.668. The van der Waals surface area contributed by atoms with E-state index in [2.05, 4.69) is 120 Å². The molecule has 0 radical (unpaired) electrons. The highest BCUT2D eigenvalue weighted by atomic mass is 16.3. The molecule has 0 amide bonds. The predicted molar refractivity (Wildman–Crippen MR) is 180 cm³/mol. The van der Waals surface area contributed by atoms with Gasteiger partial charge in [0.25, 0.3) is 0 Å². The van der Waals surface area contributed by atoms with Crippen LogP contribution in [0.15, 0.2) is 153 Å². The molecule has 0 fully saturated rings. The molecule has 0 N–H and O–H groups in total. The predicted octanol–water partition coefficient (Wildman–Crippen LogP) is 12.0. The summed E-state index contributed by atoms with van der Waals surface area (Å²) < 4.78 is 19.1. The van der Waals surface area contributed by atoms with Crippen LogP contribution in [-0.2, 0) is 0 Å². The smallest absolute Gasteiger partial charge is 0.159 e. The summed E-state index contributed by atoms with van der Waals surface area (Å²) in [5, 5.41) is 8.92. The van der Waals surface area contributed by atoms with Crippen LogP contribution in [0, 0.1) is 0 Å². The van der Waals surface area contributed by atoms with Crippen LogP contribution in [0.1, 0.15) is 0 Å². The number of rotatable bonds is 3. The van der Waals surface area contributed by atoms with Crippen LogP contribution in [-0.4, -0.2) is 0 Å². The fourth-order valence-corrected chi connectivity index (χ4v) is 6.86. The van der Waals surface area contributed by atoms with E-state index in [4.69, 9.17) is 13.3 Å². The van der Waals surface area contributed by atoms with E-state index in [0.29, 0.717) is 0 Å². The molecule has 3 heterocycles. The summed E-state index contributed by atoms with van der Waals surface area (Å²) in [7, 11) is 0. The summed E-state index contributed by atoms with van der Waals surface area (Å²) in [5.74, 6) is 0. The van der Waals surface area contributed by atoms with Gasteiger partial charge in [-0.25, -0.2) is 0 Å². The number of anilines is 3. The van der Waals surface area contributed by atoms with E-state index in [0.717, 1.165) is 82.9 Å². The first-order chi connectivity index (χ1) is 21.8. The third kappa shape index (κ3) is 3.28. The highest BCUT2D eigenvalue weighted by molar-refractivity contribution is 6.21. The number of fused-ring (bicyclic) bond motifs is 11. The number of nitrogens with zero attached hydrogens (tertiary/aromatic N) is 1. The lowest BCUT2D eigenvalue weighted by atomic mass is 10.0. The van der Waals surface area contributed by atoms with Gasteiger partial charge in [0.1, 0.15) is 27.9 Å². The van der Waals surface area contributed by atoms with E-state index in [1.807, 2.05) is 24.3 Å². The minimum absolute atomic E-state index is 0.841. The molecule has 0 atom stereocenters. The monoisotopic (exact) mass is 565 g/mol. The van der Waals surface area contributed by atoms with Gasteiger partial charge in [-0.1, -0.05) is 78.9 Å². The molecule has 0 aliphatic rings. The van der Waals surface area contributed by atoms with Gasteiger partial charge in [-0.05, 0) is 71.4 Å². The van der Waals surface area contributed by atoms with E-state index >= 15 is 0 Å². The molecule has 7 aromatic carbocycles. The van der Waals surface area contributed by atoms with Crippen molar-refractivity contribution in [1.82, 2.24) is 0 Å². The Labute approximate surface area is 250 Å². The zero-order valence-corrected chi connectivity index (χ0v) is 23.5. The Balaban J connectivity index is 1.29. The van der Waals surface area contributed by atoms with Gasteiger partial charge in [0.15, 0.2) is 5.58 Å². The Morgan fingerprint density at radius 2 is 0.909 bits per heavy atom. The van der Waals surface area contributed by atoms with Crippen LogP contribution < -0.4 is 4.90 Å². The number of benzene rings is 7. The molecular weight excluding hydrogens is 542 g/mol. The average molecular weight is 566 g/mol. The molecule has 0 bridgehead atoms. The lowest BCUT2D eigenvalue weighted by Crippen LogP contribution is -2.10. The second-order valence-corrected chi connectivity index (χ2v) is 11.3. The fraction of sp³-hybridized carbons (Fsp3) is 0. The molecular formula is C40H23NO3. The van der Waals surface area contributed by atoms with Crippen molar-refractivity contribution in [1.29, 1.82) is 0 Å². The fourth-order valence-electron chi connectivity index (χ4n) is 6.86. The van der Waals surface area contributed by atoms with Crippen molar-refractivity contribution in [3.05, 3.63) is 140 Å². The summed E-state index contributed by atoms with van der Waals surface area (Å²) in [6.45, 7) is 0. The number of hydrogen-bond acceptors (Lipinski definition) is 4. The standard InChI is InChI=1S/C40H23NO3/c1-2-9-27-24(8-1)16-19-38-39(27)30-12-7-13-33(40(30)44-38)41(25-17-20-36-31(22-25)28-10-3-5-14-34(28)42-36)26-18-21-37-32(23-26)29-11-4-6-15-35(29)43-37/h1-23H. The van der Waals surface area contributed by atoms with Crippen molar-refractivity contribution in [2.75, 3.05) is 4.90 Å². The summed E-state index contributed by atoms with van der Waals surface area (Å²) >= 11 is 0. The zero-order chi connectivity index (χ0) is 28.8. The maximum atomic E-state index is 6.72. The first-order valence-electron chi connectivity index (χ1n) is 14.8. The van der Waals surface area contributed by atoms with Crippen molar-refractivity contribution in [3.8, 4) is 0 Å². The molecule has 0 saturated carbocycles. The topological polar surface area (TPSA) is 42.7 Å². The molecule has 4 nitrogen and oxygen atoms in total. The third-order valence-electron chi connectivity index (χ3n) is 8.84. The van der Waals surface area contributed by atoms with E-state index in [9.17, 15) is 0 Å². The first kappa shape index (κ1) is 23.6. The normalized spacial score (nSPS) is 12.1. The quantitative estimate of drug-likeness (QED) is 0.214. The first-order valence-corrected chi connectivity index (χ1v) is 14.8. The van der Waals surface area contributed by atoms with Gasteiger partial charge in [-0.3, -0.25) is 0 Å². The lowest BCUT2D eigenvalue weighted by Gasteiger charge is -2.25. The number of para-hydroxylation sites is 3. The Hall–Kier alpha value is -6.00. The van der Waals surface area contributed by atoms with E-state index in [1.165, 1.54) is 10.8 Å². The molecule has 0 unspecified atom stereocenters. The molecule has 206 valence electrons. The maximum absolute atomic E-state index is 6.72. The second kappa shape index (κ2) is 8.76. The Kier molecular flexibility index (Phi) is 4.69. The minimum atomic E-state index is 0.841. The third-order valence-corrected chi connectivity index (χ3v) is 8.84. The minimum Gasteiger partial charge on any atom is -0.456 e. The van der Waals surface area contributed by atoms with Crippen molar-refractivity contribution in [2.24, 2.45) is 0 Å². The van der Waals surface area contributed by atoms with Crippen LogP contribution in [0.3, 0.4) is 0 Å². The van der Waals surface area contributed by atoms with Gasteiger partial charge < -0.3 is 18.2 Å². The Morgan fingerprint density at radius 1 is 0.364 bits per heavy atom. The van der Waals surface area contributed by atoms with Gasteiger partial charge in [0, 0.05) is 43.7 Å².